The van der Waals surface area contributed by atoms with E-state index in [1.807, 2.05) is 25.1 Å². The fourth-order valence-electron chi connectivity index (χ4n) is 10.8. The molecule has 2 aromatic heterocycles. The zero-order chi connectivity index (χ0) is 67.0. The van der Waals surface area contributed by atoms with Gasteiger partial charge in [-0.3, -0.25) is 38.5 Å². The molecule has 10 N–H and O–H groups in total. The number of aromatic hydroxyl groups is 1. The number of hydrogen-bond donors (Lipinski definition) is 8. The fourth-order valence-corrected chi connectivity index (χ4v) is 11.0. The number of H-pyrrole nitrogens is 1. The normalized spacial score (nSPS) is 13.9. The highest BCUT2D eigenvalue weighted by atomic mass is 35.5. The molecule has 0 spiro atoms. The number of nitrogens with zero attached hydrogens (tertiary/aromatic N) is 5. The van der Waals surface area contributed by atoms with Gasteiger partial charge in [0.1, 0.15) is 36.2 Å². The number of hydrogen-bond acceptors (Lipinski definition) is 16. The van der Waals surface area contributed by atoms with Gasteiger partial charge in [-0.15, -0.1) is 11.6 Å². The van der Waals surface area contributed by atoms with E-state index in [9.17, 15) is 57.8 Å². The van der Waals surface area contributed by atoms with Crippen LogP contribution in [0.2, 0.25) is 0 Å². The number of nitrogens with one attached hydrogen (secondary N) is 5. The van der Waals surface area contributed by atoms with Crippen molar-refractivity contribution in [1.29, 1.82) is 0 Å². The van der Waals surface area contributed by atoms with Gasteiger partial charge in [0.15, 0.2) is 5.78 Å². The van der Waals surface area contributed by atoms with Crippen molar-refractivity contribution < 1.29 is 72.1 Å². The first-order valence-electron chi connectivity index (χ1n) is 30.1. The molecule has 4 heterocycles. The van der Waals surface area contributed by atoms with E-state index in [0.717, 1.165) is 33.6 Å². The summed E-state index contributed by atoms with van der Waals surface area (Å²) in [5, 5.41) is 22.1. The summed E-state index contributed by atoms with van der Waals surface area (Å²) in [5.74, 6) is -4.57. The lowest BCUT2D eigenvalue weighted by atomic mass is 9.89. The van der Waals surface area contributed by atoms with E-state index in [-0.39, 0.29) is 113 Å². The molecule has 0 unspecified atom stereocenters. The zero-order valence-electron chi connectivity index (χ0n) is 51.7. The molecule has 4 aromatic carbocycles. The fraction of sp³-hybridized carbons (Fsp3) is 0.354. The zero-order valence-corrected chi connectivity index (χ0v) is 52.4. The molecule has 2 aliphatic heterocycles. The Kier molecular flexibility index (Phi) is 23.1. The number of carbonyl (C=O) groups excluding carboxylic acids is 11. The average molecular weight is 1300 g/mol. The topological polar surface area (TPSA) is 377 Å². The Bertz CT molecular complexity index is 3840. The maximum Gasteiger partial charge on any atom is 0.415 e. The standard InChI is InChI=1S/C65H73ClN12O15/c1-37(2)58(74-63(88)91-28-27-77-54(82)21-22-55(77)83)50(80)30-41(10-8-23-69-62(68)87)60(85)71-44-17-13-39(14-18-44)36-92-64(89)75(4)25-26-76(24-6-5-12-52(67)81)65(90)93-51-32-49-57(56-38(3)9-7-11-46(51)56)43(33-66)35-78(49)61(86)47-29-42-31-53(70-34-48(42)72-47)73-59(84)40-15-19-45(79)20-16-40/h7,9,11,13-22,29,31-32,34,37,41,43,58,72,79H,5-6,8,10,12,23-28,30,33,35-36H2,1-4H3,(H2,67,81)(H,71,85)(H,74,88)(H3,68,69,87)(H,70,73,84)/t41-,43-,58+/m1/s1. The largest absolute Gasteiger partial charge is 0.508 e. The van der Waals surface area contributed by atoms with Crippen LogP contribution < -0.4 is 42.4 Å². The van der Waals surface area contributed by atoms with Crippen LogP contribution in [0.3, 0.4) is 0 Å². The Morgan fingerprint density at radius 1 is 0.860 bits per heavy atom. The Morgan fingerprint density at radius 3 is 2.28 bits per heavy atom. The van der Waals surface area contributed by atoms with Crippen LogP contribution in [0.15, 0.2) is 103 Å². The van der Waals surface area contributed by atoms with Crippen molar-refractivity contribution in [2.24, 2.45) is 23.3 Å². The van der Waals surface area contributed by atoms with Crippen molar-refractivity contribution in [1.82, 2.24) is 35.3 Å². The number of ketones is 1. The summed E-state index contributed by atoms with van der Waals surface area (Å²) in [6, 6.07) is 20.8. The number of nitrogens with two attached hydrogens (primary N) is 2. The third-order valence-corrected chi connectivity index (χ3v) is 16.1. The van der Waals surface area contributed by atoms with Crippen LogP contribution in [0.1, 0.15) is 95.8 Å². The predicted molar refractivity (Wildman–Crippen MR) is 343 cm³/mol. The molecule has 0 bridgehead atoms. The molecular weight excluding hydrogens is 1220 g/mol. The molecule has 11 amide bonds. The number of rotatable bonds is 29. The van der Waals surface area contributed by atoms with Gasteiger partial charge < -0.3 is 71.7 Å². The number of aromatic amines is 1. The van der Waals surface area contributed by atoms with Gasteiger partial charge in [0.2, 0.25) is 11.8 Å². The minimum atomic E-state index is -1.07. The molecule has 93 heavy (non-hydrogen) atoms. The Balaban J connectivity index is 0.895. The first-order valence-corrected chi connectivity index (χ1v) is 30.6. The lowest BCUT2D eigenvalue weighted by Crippen LogP contribution is -2.46. The highest BCUT2D eigenvalue weighted by Gasteiger charge is 2.37. The van der Waals surface area contributed by atoms with Crippen LogP contribution in [0.25, 0.3) is 21.7 Å². The molecule has 2 aliphatic rings. The van der Waals surface area contributed by atoms with Crippen LogP contribution in [0, 0.1) is 18.8 Å². The number of unbranched alkanes of at least 4 members (excludes halogenated alkanes) is 1. The number of amides is 11. The summed E-state index contributed by atoms with van der Waals surface area (Å²) in [6.45, 7) is 4.99. The molecule has 0 radical (unpaired) electrons. The minimum Gasteiger partial charge on any atom is -0.508 e. The third-order valence-electron chi connectivity index (χ3n) is 15.7. The van der Waals surface area contributed by atoms with Gasteiger partial charge in [-0.05, 0) is 109 Å². The molecule has 6 aromatic rings. The molecular formula is C65H73ClN12O15. The average Bonchev–Trinajstić information content (AvgIpc) is 1.63. The number of halogens is 1. The lowest BCUT2D eigenvalue weighted by molar-refractivity contribution is -0.137. The number of carbonyl (C=O) groups is 11. The molecule has 0 saturated heterocycles. The molecule has 0 fully saturated rings. The second kappa shape index (κ2) is 31.4. The summed E-state index contributed by atoms with van der Waals surface area (Å²) >= 11 is 6.65. The minimum absolute atomic E-state index is 0.0119. The van der Waals surface area contributed by atoms with Crippen molar-refractivity contribution in [3.63, 3.8) is 0 Å². The van der Waals surface area contributed by atoms with Crippen molar-refractivity contribution in [2.75, 3.05) is 74.3 Å². The number of phenolic OH excluding ortho intramolecular Hbond substituents is 1. The summed E-state index contributed by atoms with van der Waals surface area (Å²) < 4.78 is 17.1. The second-order valence-electron chi connectivity index (χ2n) is 22.8. The van der Waals surface area contributed by atoms with Gasteiger partial charge in [-0.1, -0.05) is 44.2 Å². The highest BCUT2D eigenvalue weighted by Crippen LogP contribution is 2.47. The number of aryl methyl sites for hydroxylation is 1. The van der Waals surface area contributed by atoms with Gasteiger partial charge in [0, 0.05) is 111 Å². The molecule has 28 heteroatoms. The number of anilines is 3. The highest BCUT2D eigenvalue weighted by molar-refractivity contribution is 6.20. The molecule has 490 valence electrons. The number of alkyl halides is 1. The van der Waals surface area contributed by atoms with E-state index in [4.69, 9.17) is 37.3 Å². The monoisotopic (exact) mass is 1300 g/mol. The number of benzene rings is 4. The van der Waals surface area contributed by atoms with E-state index in [1.54, 1.807) is 61.2 Å². The Hall–Kier alpha value is -10.6. The number of primary amides is 2. The number of likely N-dealkylation sites (N-methyl/N-ethyl adjacent to an activating group) is 1. The van der Waals surface area contributed by atoms with E-state index in [2.05, 4.69) is 31.2 Å². The van der Waals surface area contributed by atoms with Crippen LogP contribution in [0.5, 0.6) is 11.5 Å². The number of alkyl carbamates (subject to hydrolysis) is 1. The number of aromatic nitrogens is 2. The lowest BCUT2D eigenvalue weighted by Gasteiger charge is -2.26. The number of phenols is 1. The van der Waals surface area contributed by atoms with Gasteiger partial charge in [0.25, 0.3) is 23.6 Å². The van der Waals surface area contributed by atoms with E-state index in [0.29, 0.717) is 51.6 Å². The van der Waals surface area contributed by atoms with Crippen molar-refractivity contribution in [3.05, 3.63) is 131 Å². The Labute approximate surface area is 539 Å². The van der Waals surface area contributed by atoms with Crippen LogP contribution >= 0.6 is 11.6 Å². The van der Waals surface area contributed by atoms with Gasteiger partial charge in [-0.25, -0.2) is 24.2 Å². The van der Waals surface area contributed by atoms with E-state index >= 15 is 0 Å². The maximum absolute atomic E-state index is 14.6. The summed E-state index contributed by atoms with van der Waals surface area (Å²) in [7, 11) is 1.49. The summed E-state index contributed by atoms with van der Waals surface area (Å²) in [6.07, 6.45) is 2.13. The van der Waals surface area contributed by atoms with Crippen LogP contribution in [0.4, 0.5) is 36.4 Å². The van der Waals surface area contributed by atoms with Gasteiger partial charge >= 0.3 is 24.3 Å². The van der Waals surface area contributed by atoms with E-state index < -0.39 is 83.4 Å². The molecule has 27 nitrogen and oxygen atoms in total. The number of ether oxygens (including phenoxy) is 3. The third kappa shape index (κ3) is 17.9. The van der Waals surface area contributed by atoms with Crippen LogP contribution in [-0.2, 0) is 40.1 Å². The van der Waals surface area contributed by atoms with E-state index in [1.165, 1.54) is 47.3 Å². The molecule has 3 atom stereocenters. The summed E-state index contributed by atoms with van der Waals surface area (Å²) in [5.41, 5.74) is 14.7. The number of urea groups is 1. The molecule has 0 saturated carbocycles. The SMILES string of the molecule is Cc1cccc2c(OC(=O)N(CCCCC(N)=O)CCN(C)C(=O)OCc3ccc(NC(=O)[C@H](CCCNC(N)=O)CC(=O)[C@@H](NC(=O)OCCN4C(=O)C=CC4=O)C(C)C)cc3)cc3c(c12)[C@H](CCl)CN3C(=O)c1cc2cc(NC(=O)c3ccc(O)cc3)ncc2[nH]1. The number of fused-ring (bicyclic) bond motifs is 4. The Morgan fingerprint density at radius 2 is 1.59 bits per heavy atom. The van der Waals surface area contributed by atoms with Crippen molar-refractivity contribution in [3.8, 4) is 11.5 Å². The van der Waals surface area contributed by atoms with Crippen LogP contribution in [-0.4, -0.2) is 160 Å². The van der Waals surface area contributed by atoms with Crippen molar-refractivity contribution >= 4 is 116 Å². The van der Waals surface area contributed by atoms with Crippen molar-refractivity contribution in [2.45, 2.75) is 77.9 Å². The number of Topliss-reactive ketones (excluding diaryl/α,β-unsaturated/α-hetero) is 1. The number of pyridine rings is 1. The molecule has 0 aliphatic carbocycles. The second-order valence-corrected chi connectivity index (χ2v) is 23.1. The predicted octanol–water partition coefficient (Wildman–Crippen LogP) is 7.33. The van der Waals surface area contributed by atoms with Gasteiger partial charge in [-0.2, -0.15) is 0 Å². The molecule has 8 rings (SSSR count). The maximum atomic E-state index is 14.6. The smallest absolute Gasteiger partial charge is 0.415 e. The first kappa shape index (κ1) is 68.3. The quantitative estimate of drug-likeness (QED) is 0.0129. The summed E-state index contributed by atoms with van der Waals surface area (Å²) in [4.78, 5) is 155. The van der Waals surface area contributed by atoms with Gasteiger partial charge in [0.05, 0.1) is 30.0 Å². The number of imide groups is 1. The first-order chi connectivity index (χ1) is 44.5.